The van der Waals surface area contributed by atoms with E-state index in [0.29, 0.717) is 30.4 Å². The molecule has 0 unspecified atom stereocenters. The van der Waals surface area contributed by atoms with E-state index in [1.165, 1.54) is 23.5 Å². The minimum absolute atomic E-state index is 0.257. The highest BCUT2D eigenvalue weighted by Gasteiger charge is 2.13. The van der Waals surface area contributed by atoms with E-state index in [-0.39, 0.29) is 5.82 Å². The SMILES string of the molecule is CCCN(CCCCOc1cc(F)cc(CCCCNCc2cccc(CC)c2)c1)Cc1cc(C(N)=O)cc(-c2ncco2)c1. The predicted molar refractivity (Wildman–Crippen MR) is 178 cm³/mol. The Hall–Kier alpha value is -4.01. The number of amides is 1. The van der Waals surface area contributed by atoms with Crippen molar-refractivity contribution in [3.63, 3.8) is 0 Å². The molecule has 0 radical (unpaired) electrons. The van der Waals surface area contributed by atoms with E-state index in [1.54, 1.807) is 18.3 Å². The van der Waals surface area contributed by atoms with Crippen LogP contribution in [0.5, 0.6) is 5.75 Å². The number of halogens is 1. The van der Waals surface area contributed by atoms with Crippen molar-refractivity contribution >= 4 is 5.91 Å². The lowest BCUT2D eigenvalue weighted by atomic mass is 10.0. The monoisotopic (exact) mass is 614 g/mol. The van der Waals surface area contributed by atoms with E-state index in [1.807, 2.05) is 18.2 Å². The fourth-order valence-corrected chi connectivity index (χ4v) is 5.51. The van der Waals surface area contributed by atoms with E-state index in [0.717, 1.165) is 87.8 Å². The lowest BCUT2D eigenvalue weighted by molar-refractivity contribution is 0.1000. The first-order valence-corrected chi connectivity index (χ1v) is 16.2. The third-order valence-electron chi connectivity index (χ3n) is 7.77. The van der Waals surface area contributed by atoms with Gasteiger partial charge in [0.1, 0.15) is 17.8 Å². The Morgan fingerprint density at radius 2 is 1.82 bits per heavy atom. The quantitative estimate of drug-likeness (QED) is 0.101. The molecule has 4 rings (SSSR count). The van der Waals surface area contributed by atoms with Gasteiger partial charge >= 0.3 is 0 Å². The molecule has 1 amide bonds. The van der Waals surface area contributed by atoms with Gasteiger partial charge in [0.25, 0.3) is 0 Å². The molecule has 0 aliphatic heterocycles. The Morgan fingerprint density at radius 3 is 2.60 bits per heavy atom. The number of benzene rings is 3. The molecule has 0 saturated heterocycles. The summed E-state index contributed by atoms with van der Waals surface area (Å²) in [5, 5.41) is 3.52. The van der Waals surface area contributed by atoms with Crippen LogP contribution in [0.3, 0.4) is 0 Å². The highest BCUT2D eigenvalue weighted by Crippen LogP contribution is 2.23. The lowest BCUT2D eigenvalue weighted by Gasteiger charge is -2.22. The zero-order valence-electron chi connectivity index (χ0n) is 26.7. The van der Waals surface area contributed by atoms with Crippen LogP contribution in [0, 0.1) is 5.82 Å². The van der Waals surface area contributed by atoms with Crippen LogP contribution in [0.15, 0.2) is 77.5 Å². The molecule has 7 nitrogen and oxygen atoms in total. The van der Waals surface area contributed by atoms with Crippen molar-refractivity contribution in [1.82, 2.24) is 15.2 Å². The second-order valence-corrected chi connectivity index (χ2v) is 11.6. The average Bonchev–Trinajstić information content (AvgIpc) is 3.58. The van der Waals surface area contributed by atoms with Gasteiger partial charge in [0.05, 0.1) is 12.8 Å². The van der Waals surface area contributed by atoms with Crippen molar-refractivity contribution in [2.45, 2.75) is 71.9 Å². The minimum Gasteiger partial charge on any atom is -0.493 e. The first-order chi connectivity index (χ1) is 21.9. The Kier molecular flexibility index (Phi) is 13.6. The van der Waals surface area contributed by atoms with Gasteiger partial charge in [0.2, 0.25) is 11.8 Å². The van der Waals surface area contributed by atoms with Crippen molar-refractivity contribution in [2.24, 2.45) is 5.73 Å². The van der Waals surface area contributed by atoms with Crippen molar-refractivity contribution in [1.29, 1.82) is 0 Å². The van der Waals surface area contributed by atoms with Crippen LogP contribution < -0.4 is 15.8 Å². The number of unbranched alkanes of at least 4 members (excludes halogenated alkanes) is 2. The maximum atomic E-state index is 14.3. The normalized spacial score (nSPS) is 11.3. The van der Waals surface area contributed by atoms with Gasteiger partial charge < -0.3 is 20.2 Å². The predicted octanol–water partition coefficient (Wildman–Crippen LogP) is 7.33. The molecular weight excluding hydrogens is 567 g/mol. The molecule has 240 valence electrons. The van der Waals surface area contributed by atoms with Crippen LogP contribution in [-0.2, 0) is 25.9 Å². The Bertz CT molecular complexity index is 1470. The molecule has 8 heteroatoms. The van der Waals surface area contributed by atoms with Gasteiger partial charge in [-0.3, -0.25) is 9.69 Å². The zero-order valence-corrected chi connectivity index (χ0v) is 26.7. The van der Waals surface area contributed by atoms with Crippen molar-refractivity contribution < 1.29 is 18.3 Å². The van der Waals surface area contributed by atoms with Crippen LogP contribution in [-0.4, -0.2) is 42.0 Å². The van der Waals surface area contributed by atoms with Gasteiger partial charge in [-0.05, 0) is 117 Å². The second-order valence-electron chi connectivity index (χ2n) is 11.6. The molecular formula is C37H47FN4O3. The molecule has 3 aromatic carbocycles. The number of primary amides is 1. The summed E-state index contributed by atoms with van der Waals surface area (Å²) in [6.07, 6.45) is 9.76. The van der Waals surface area contributed by atoms with Gasteiger partial charge in [0, 0.05) is 30.3 Å². The van der Waals surface area contributed by atoms with Crippen molar-refractivity contribution in [2.75, 3.05) is 26.2 Å². The largest absolute Gasteiger partial charge is 0.493 e. The molecule has 1 heterocycles. The standard InChI is InChI=1S/C37H47FN4O3/c1-3-15-42(27-31-20-32(36(39)43)24-33(21-31)37-41-14-18-45-37)16-7-8-17-44-35-23-29(22-34(38)25-35)10-5-6-13-40-26-30-12-9-11-28(4-2)19-30/h9,11-12,14,18-25,40H,3-8,10,13,15-17,26-27H2,1-2H3,(H2,39,43). The number of carbonyl (C=O) groups is 1. The Balaban J connectivity index is 1.18. The summed E-state index contributed by atoms with van der Waals surface area (Å²) >= 11 is 0. The van der Waals surface area contributed by atoms with Crippen molar-refractivity contribution in [3.05, 3.63) is 107 Å². The van der Waals surface area contributed by atoms with Gasteiger partial charge in [-0.25, -0.2) is 9.37 Å². The number of ether oxygens (including phenoxy) is 1. The smallest absolute Gasteiger partial charge is 0.248 e. The highest BCUT2D eigenvalue weighted by molar-refractivity contribution is 5.94. The number of rotatable bonds is 20. The average molecular weight is 615 g/mol. The number of nitrogens with zero attached hydrogens (tertiary/aromatic N) is 2. The van der Waals surface area contributed by atoms with E-state index in [9.17, 15) is 9.18 Å². The van der Waals surface area contributed by atoms with Gasteiger partial charge in [-0.15, -0.1) is 0 Å². The number of carbonyl (C=O) groups excluding carboxylic acids is 1. The topological polar surface area (TPSA) is 93.6 Å². The molecule has 0 aliphatic rings. The summed E-state index contributed by atoms with van der Waals surface area (Å²) in [4.78, 5) is 18.5. The summed E-state index contributed by atoms with van der Waals surface area (Å²) in [6, 6.07) is 19.3. The fourth-order valence-electron chi connectivity index (χ4n) is 5.51. The maximum Gasteiger partial charge on any atom is 0.248 e. The third-order valence-corrected chi connectivity index (χ3v) is 7.77. The van der Waals surface area contributed by atoms with Crippen molar-refractivity contribution in [3.8, 4) is 17.2 Å². The van der Waals surface area contributed by atoms with Crippen LogP contribution in [0.25, 0.3) is 11.5 Å². The summed E-state index contributed by atoms with van der Waals surface area (Å²) < 4.78 is 25.7. The lowest BCUT2D eigenvalue weighted by Crippen LogP contribution is -2.26. The van der Waals surface area contributed by atoms with Crippen LogP contribution in [0.1, 0.15) is 78.6 Å². The van der Waals surface area contributed by atoms with Crippen LogP contribution in [0.2, 0.25) is 0 Å². The summed E-state index contributed by atoms with van der Waals surface area (Å²) in [5.74, 6) is 0.311. The maximum absolute atomic E-state index is 14.3. The van der Waals surface area contributed by atoms with Crippen LogP contribution >= 0.6 is 0 Å². The molecule has 0 atom stereocenters. The molecule has 0 fully saturated rings. The molecule has 0 bridgehead atoms. The van der Waals surface area contributed by atoms with Crippen LogP contribution in [0.4, 0.5) is 4.39 Å². The number of nitrogens with one attached hydrogen (secondary N) is 1. The Labute approximate surface area is 267 Å². The first-order valence-electron chi connectivity index (χ1n) is 16.2. The zero-order chi connectivity index (χ0) is 31.9. The van der Waals surface area contributed by atoms with E-state index in [2.05, 4.69) is 53.3 Å². The number of nitrogens with two attached hydrogens (primary N) is 1. The molecule has 1 aromatic heterocycles. The summed E-state index contributed by atoms with van der Waals surface area (Å²) in [5.41, 5.74) is 11.4. The highest BCUT2D eigenvalue weighted by atomic mass is 19.1. The van der Waals surface area contributed by atoms with Gasteiger partial charge in [0.15, 0.2) is 0 Å². The second kappa shape index (κ2) is 18.1. The van der Waals surface area contributed by atoms with E-state index < -0.39 is 5.91 Å². The minimum atomic E-state index is -0.481. The number of aryl methyl sites for hydroxylation is 2. The molecule has 3 N–H and O–H groups in total. The molecule has 4 aromatic rings. The number of oxazole rings is 1. The number of hydrogen-bond acceptors (Lipinski definition) is 6. The summed E-state index contributed by atoms with van der Waals surface area (Å²) in [6.45, 7) is 9.13. The Morgan fingerprint density at radius 1 is 0.956 bits per heavy atom. The number of aromatic nitrogens is 1. The summed E-state index contributed by atoms with van der Waals surface area (Å²) in [7, 11) is 0. The molecule has 0 spiro atoms. The molecule has 45 heavy (non-hydrogen) atoms. The fraction of sp³-hybridized carbons (Fsp3) is 0.405. The molecule has 0 saturated carbocycles. The third kappa shape index (κ3) is 11.5. The van der Waals surface area contributed by atoms with Gasteiger partial charge in [-0.2, -0.15) is 0 Å². The van der Waals surface area contributed by atoms with E-state index >= 15 is 0 Å². The first kappa shape index (κ1) is 33.9. The van der Waals surface area contributed by atoms with Gasteiger partial charge in [-0.1, -0.05) is 38.1 Å². The molecule has 0 aliphatic carbocycles. The van der Waals surface area contributed by atoms with E-state index in [4.69, 9.17) is 14.9 Å². The number of hydrogen-bond donors (Lipinski definition) is 2.